The fraction of sp³-hybridized carbons (Fsp3) is 0.533. The quantitative estimate of drug-likeness (QED) is 0.707. The molecule has 0 saturated carbocycles. The zero-order valence-corrected chi connectivity index (χ0v) is 13.5. The molecule has 3 N–H and O–H groups in total. The molecule has 0 spiro atoms. The van der Waals surface area contributed by atoms with Gasteiger partial charge in [0.25, 0.3) is 0 Å². The molecule has 1 unspecified atom stereocenters. The predicted octanol–water partition coefficient (Wildman–Crippen LogP) is 1.62. The molecule has 1 amide bonds. The number of nitrogens with two attached hydrogens (primary N) is 1. The fourth-order valence-corrected chi connectivity index (χ4v) is 1.84. The molecule has 136 valence electrons. The normalized spacial score (nSPS) is 12.6. The number of carbonyl (C=O) groups excluding carboxylic acids is 1. The Morgan fingerprint density at radius 2 is 2.00 bits per heavy atom. The van der Waals surface area contributed by atoms with E-state index in [9.17, 15) is 18.0 Å². The van der Waals surface area contributed by atoms with E-state index < -0.39 is 12.8 Å². The van der Waals surface area contributed by atoms with Crippen LogP contribution in [0.4, 0.5) is 13.2 Å². The van der Waals surface area contributed by atoms with Crippen molar-refractivity contribution in [3.63, 3.8) is 0 Å². The van der Waals surface area contributed by atoms with Crippen molar-refractivity contribution in [2.45, 2.75) is 25.2 Å². The maximum Gasteiger partial charge on any atom is 0.422 e. The lowest BCUT2D eigenvalue weighted by molar-refractivity contribution is -0.153. The first-order chi connectivity index (χ1) is 11.3. The highest BCUT2D eigenvalue weighted by molar-refractivity contribution is 5.76. The fourth-order valence-electron chi connectivity index (χ4n) is 1.84. The molecule has 6 nitrogen and oxygen atoms in total. The molecular weight excluding hydrogens is 329 g/mol. The number of methoxy groups -OCH3 is 2. The first-order valence-corrected chi connectivity index (χ1v) is 7.15. The van der Waals surface area contributed by atoms with Gasteiger partial charge < -0.3 is 25.3 Å². The number of nitrogens with one attached hydrogen (secondary N) is 1. The Morgan fingerprint density at radius 1 is 1.29 bits per heavy atom. The third kappa shape index (κ3) is 7.05. The van der Waals surface area contributed by atoms with E-state index in [0.717, 1.165) is 0 Å². The van der Waals surface area contributed by atoms with Gasteiger partial charge in [0.1, 0.15) is 0 Å². The molecule has 24 heavy (non-hydrogen) atoms. The molecule has 0 aliphatic carbocycles. The van der Waals surface area contributed by atoms with E-state index in [2.05, 4.69) is 10.1 Å². The lowest BCUT2D eigenvalue weighted by Gasteiger charge is -2.15. The highest BCUT2D eigenvalue weighted by Crippen LogP contribution is 2.29. The van der Waals surface area contributed by atoms with Crippen molar-refractivity contribution in [2.75, 3.05) is 27.4 Å². The Labute approximate surface area is 138 Å². The third-order valence-corrected chi connectivity index (χ3v) is 3.12. The summed E-state index contributed by atoms with van der Waals surface area (Å²) < 4.78 is 51.3. The largest absolute Gasteiger partial charge is 0.493 e. The van der Waals surface area contributed by atoms with Gasteiger partial charge in [-0.1, -0.05) is 6.07 Å². The maximum absolute atomic E-state index is 12.2. The van der Waals surface area contributed by atoms with Crippen LogP contribution in [-0.2, 0) is 16.1 Å². The molecule has 0 heterocycles. The molecule has 0 aliphatic rings. The van der Waals surface area contributed by atoms with Crippen LogP contribution in [0.5, 0.6) is 11.5 Å². The van der Waals surface area contributed by atoms with Crippen molar-refractivity contribution in [3.8, 4) is 11.5 Å². The zero-order valence-electron chi connectivity index (χ0n) is 13.5. The van der Waals surface area contributed by atoms with Crippen LogP contribution in [0.2, 0.25) is 0 Å². The minimum atomic E-state index is -4.43. The predicted molar refractivity (Wildman–Crippen MR) is 80.9 cm³/mol. The van der Waals surface area contributed by atoms with Gasteiger partial charge in [0, 0.05) is 20.2 Å². The number of halogens is 3. The van der Waals surface area contributed by atoms with Crippen LogP contribution in [0.25, 0.3) is 0 Å². The molecular formula is C15H21F3N2O4. The molecule has 0 bridgehead atoms. The van der Waals surface area contributed by atoms with Gasteiger partial charge in [-0.15, -0.1) is 0 Å². The van der Waals surface area contributed by atoms with Crippen molar-refractivity contribution >= 4 is 5.91 Å². The van der Waals surface area contributed by atoms with Crippen LogP contribution in [0, 0.1) is 0 Å². The molecule has 0 aliphatic heterocycles. The Bertz CT molecular complexity index is 534. The van der Waals surface area contributed by atoms with Crippen molar-refractivity contribution in [1.82, 2.24) is 5.32 Å². The molecule has 1 aromatic rings. The van der Waals surface area contributed by atoms with E-state index in [1.807, 2.05) is 0 Å². The number of hydrogen-bond donors (Lipinski definition) is 2. The van der Waals surface area contributed by atoms with Crippen LogP contribution in [0.1, 0.15) is 12.0 Å². The molecule has 0 aromatic heterocycles. The topological polar surface area (TPSA) is 82.8 Å². The number of alkyl halides is 3. The molecule has 0 saturated heterocycles. The second-order valence-corrected chi connectivity index (χ2v) is 4.96. The van der Waals surface area contributed by atoms with Gasteiger partial charge >= 0.3 is 6.18 Å². The van der Waals surface area contributed by atoms with Crippen LogP contribution in [-0.4, -0.2) is 45.6 Å². The summed E-state index contributed by atoms with van der Waals surface area (Å²) in [5.41, 5.74) is 6.09. The van der Waals surface area contributed by atoms with E-state index in [0.29, 0.717) is 5.56 Å². The molecule has 0 fully saturated rings. The average Bonchev–Trinajstić information content (AvgIpc) is 2.55. The highest BCUT2D eigenvalue weighted by atomic mass is 19.4. The van der Waals surface area contributed by atoms with Crippen LogP contribution >= 0.6 is 0 Å². The maximum atomic E-state index is 12.2. The first kappa shape index (κ1) is 20.0. The number of carbonyl (C=O) groups is 1. The summed E-state index contributed by atoms with van der Waals surface area (Å²) in [6, 6.07) is 4.41. The van der Waals surface area contributed by atoms with Gasteiger partial charge in [-0.05, 0) is 17.7 Å². The summed E-state index contributed by atoms with van der Waals surface area (Å²) in [6.07, 6.45) is -4.67. The van der Waals surface area contributed by atoms with Crippen molar-refractivity contribution < 1.29 is 32.2 Å². The Hall–Kier alpha value is -2.00. The van der Waals surface area contributed by atoms with Gasteiger partial charge in [0.05, 0.1) is 19.6 Å². The van der Waals surface area contributed by atoms with Gasteiger partial charge in [-0.25, -0.2) is 0 Å². The minimum Gasteiger partial charge on any atom is -0.493 e. The van der Waals surface area contributed by atoms with Crippen molar-refractivity contribution in [1.29, 1.82) is 0 Å². The van der Waals surface area contributed by atoms with E-state index in [-0.39, 0.29) is 43.0 Å². The smallest absolute Gasteiger partial charge is 0.422 e. The SMILES string of the molecule is COc1cc(CNC(=O)CC(CN)OC)ccc1OCC(F)(F)F. The van der Waals surface area contributed by atoms with Gasteiger partial charge in [-0.2, -0.15) is 13.2 Å². The summed E-state index contributed by atoms with van der Waals surface area (Å²) in [4.78, 5) is 11.8. The first-order valence-electron chi connectivity index (χ1n) is 7.15. The van der Waals surface area contributed by atoms with E-state index in [4.69, 9.17) is 15.2 Å². The second kappa shape index (κ2) is 9.33. The molecule has 1 aromatic carbocycles. The highest BCUT2D eigenvalue weighted by Gasteiger charge is 2.29. The second-order valence-electron chi connectivity index (χ2n) is 4.96. The minimum absolute atomic E-state index is 0.0209. The van der Waals surface area contributed by atoms with E-state index in [1.165, 1.54) is 26.4 Å². The van der Waals surface area contributed by atoms with Gasteiger partial charge in [0.15, 0.2) is 18.1 Å². The molecule has 1 atom stereocenters. The van der Waals surface area contributed by atoms with Crippen LogP contribution < -0.4 is 20.5 Å². The number of ether oxygens (including phenoxy) is 3. The van der Waals surface area contributed by atoms with Crippen molar-refractivity contribution in [2.24, 2.45) is 5.73 Å². The number of benzene rings is 1. The summed E-state index contributed by atoms with van der Waals surface area (Å²) in [5.74, 6) is -0.112. The monoisotopic (exact) mass is 350 g/mol. The summed E-state index contributed by atoms with van der Waals surface area (Å²) in [6.45, 7) is -0.990. The van der Waals surface area contributed by atoms with Gasteiger partial charge in [-0.3, -0.25) is 4.79 Å². The Morgan fingerprint density at radius 3 is 2.54 bits per heavy atom. The lowest BCUT2D eigenvalue weighted by atomic mass is 10.2. The molecule has 0 radical (unpaired) electrons. The average molecular weight is 350 g/mol. The van der Waals surface area contributed by atoms with E-state index in [1.54, 1.807) is 6.07 Å². The van der Waals surface area contributed by atoms with Gasteiger partial charge in [0.2, 0.25) is 5.91 Å². The number of amides is 1. The molecule has 1 rings (SSSR count). The summed E-state index contributed by atoms with van der Waals surface area (Å²) >= 11 is 0. The summed E-state index contributed by atoms with van der Waals surface area (Å²) in [7, 11) is 2.79. The number of hydrogen-bond acceptors (Lipinski definition) is 5. The zero-order chi connectivity index (χ0) is 18.2. The summed E-state index contributed by atoms with van der Waals surface area (Å²) in [5, 5.41) is 2.67. The Balaban J connectivity index is 2.62. The standard InChI is InChI=1S/C15H21F3N2O4/c1-22-11(7-19)6-14(21)20-8-10-3-4-12(13(5-10)23-2)24-9-15(16,17)18/h3-5,11H,6-9,19H2,1-2H3,(H,20,21). The molecule has 9 heteroatoms. The number of rotatable bonds is 9. The van der Waals surface area contributed by atoms with Crippen molar-refractivity contribution in [3.05, 3.63) is 23.8 Å². The third-order valence-electron chi connectivity index (χ3n) is 3.12. The van der Waals surface area contributed by atoms with E-state index >= 15 is 0 Å². The lowest BCUT2D eigenvalue weighted by Crippen LogP contribution is -2.31. The Kier molecular flexibility index (Phi) is 7.80. The van der Waals surface area contributed by atoms with Crippen LogP contribution in [0.3, 0.4) is 0 Å². The van der Waals surface area contributed by atoms with Crippen LogP contribution in [0.15, 0.2) is 18.2 Å².